The highest BCUT2D eigenvalue weighted by atomic mass is 35.5. The van der Waals surface area contributed by atoms with Gasteiger partial charge in [-0.1, -0.05) is 11.6 Å². The second-order valence-corrected chi connectivity index (χ2v) is 5.12. The molecule has 2 amide bonds. The van der Waals surface area contributed by atoms with Crippen molar-refractivity contribution in [2.24, 2.45) is 5.84 Å². The van der Waals surface area contributed by atoms with Crippen molar-refractivity contribution >= 4 is 29.1 Å². The third kappa shape index (κ3) is 4.11. The third-order valence-electron chi connectivity index (χ3n) is 2.96. The van der Waals surface area contributed by atoms with Crippen LogP contribution >= 0.6 is 11.6 Å². The van der Waals surface area contributed by atoms with Crippen LogP contribution in [-0.2, 0) is 4.79 Å². The molecule has 2 rings (SSSR count). The van der Waals surface area contributed by atoms with Crippen LogP contribution in [-0.4, -0.2) is 24.4 Å². The van der Waals surface area contributed by atoms with E-state index in [9.17, 15) is 9.59 Å². The maximum atomic E-state index is 12.0. The van der Waals surface area contributed by atoms with E-state index in [-0.39, 0.29) is 24.8 Å². The minimum absolute atomic E-state index is 0.0453. The van der Waals surface area contributed by atoms with Gasteiger partial charge in [0.05, 0.1) is 11.3 Å². The van der Waals surface area contributed by atoms with Crippen molar-refractivity contribution < 1.29 is 9.59 Å². The molecule has 5 N–H and O–H groups in total. The zero-order valence-corrected chi connectivity index (χ0v) is 11.7. The molecule has 0 atom stereocenters. The topological polar surface area (TPSA) is 96.2 Å². The number of anilines is 1. The number of carbonyl (C=O) groups is 2. The van der Waals surface area contributed by atoms with Gasteiger partial charge < -0.3 is 16.1 Å². The highest BCUT2D eigenvalue weighted by Crippen LogP contribution is 2.20. The van der Waals surface area contributed by atoms with Crippen molar-refractivity contribution in [3.8, 4) is 0 Å². The number of nitrogens with two attached hydrogens (primary N) is 1. The van der Waals surface area contributed by atoms with E-state index in [1.807, 2.05) is 0 Å². The number of halogens is 1. The lowest BCUT2D eigenvalue weighted by Gasteiger charge is -2.10. The molecule has 1 fully saturated rings. The van der Waals surface area contributed by atoms with Gasteiger partial charge in [-0.15, -0.1) is 0 Å². The summed E-state index contributed by atoms with van der Waals surface area (Å²) in [6.45, 7) is 0.272. The SMILES string of the molecule is NNc1ccc(Cl)cc1C(=O)NCCC(=O)NC1CC1. The van der Waals surface area contributed by atoms with E-state index in [1.165, 1.54) is 6.07 Å². The van der Waals surface area contributed by atoms with E-state index < -0.39 is 0 Å². The highest BCUT2D eigenvalue weighted by molar-refractivity contribution is 6.31. The van der Waals surface area contributed by atoms with Crippen molar-refractivity contribution in [2.45, 2.75) is 25.3 Å². The van der Waals surface area contributed by atoms with E-state index >= 15 is 0 Å². The molecule has 1 aromatic carbocycles. The van der Waals surface area contributed by atoms with Crippen LogP contribution in [0.3, 0.4) is 0 Å². The Morgan fingerprint density at radius 2 is 2.10 bits per heavy atom. The Bertz CT molecular complexity index is 517. The monoisotopic (exact) mass is 296 g/mol. The lowest BCUT2D eigenvalue weighted by Crippen LogP contribution is -2.32. The van der Waals surface area contributed by atoms with Gasteiger partial charge in [-0.05, 0) is 31.0 Å². The van der Waals surface area contributed by atoms with Gasteiger partial charge in [-0.2, -0.15) is 0 Å². The van der Waals surface area contributed by atoms with Crippen LogP contribution in [0.5, 0.6) is 0 Å². The van der Waals surface area contributed by atoms with Crippen LogP contribution in [0.25, 0.3) is 0 Å². The summed E-state index contributed by atoms with van der Waals surface area (Å²) in [4.78, 5) is 23.5. The Labute approximate surface area is 122 Å². The maximum Gasteiger partial charge on any atom is 0.253 e. The fourth-order valence-electron chi connectivity index (χ4n) is 1.74. The van der Waals surface area contributed by atoms with Gasteiger partial charge in [0.25, 0.3) is 5.91 Å². The number of nitrogen functional groups attached to an aromatic ring is 1. The third-order valence-corrected chi connectivity index (χ3v) is 3.20. The largest absolute Gasteiger partial charge is 0.353 e. The zero-order chi connectivity index (χ0) is 14.5. The summed E-state index contributed by atoms with van der Waals surface area (Å²) in [5.74, 6) is 4.97. The molecule has 1 aliphatic rings. The van der Waals surface area contributed by atoms with Crippen molar-refractivity contribution in [2.75, 3.05) is 12.0 Å². The van der Waals surface area contributed by atoms with Crippen molar-refractivity contribution in [1.29, 1.82) is 0 Å². The number of hydrogen-bond acceptors (Lipinski definition) is 4. The van der Waals surface area contributed by atoms with Crippen LogP contribution in [0.4, 0.5) is 5.69 Å². The number of benzene rings is 1. The molecule has 0 aliphatic heterocycles. The van der Waals surface area contributed by atoms with Gasteiger partial charge in [0.2, 0.25) is 5.91 Å². The Hall–Kier alpha value is -1.79. The fraction of sp³-hybridized carbons (Fsp3) is 0.385. The lowest BCUT2D eigenvalue weighted by molar-refractivity contribution is -0.121. The van der Waals surface area contributed by atoms with Crippen LogP contribution in [0.15, 0.2) is 18.2 Å². The van der Waals surface area contributed by atoms with Crippen molar-refractivity contribution in [3.05, 3.63) is 28.8 Å². The summed E-state index contributed by atoms with van der Waals surface area (Å²) in [6, 6.07) is 5.11. The molecular weight excluding hydrogens is 280 g/mol. The summed E-state index contributed by atoms with van der Waals surface area (Å²) in [5.41, 5.74) is 3.27. The summed E-state index contributed by atoms with van der Waals surface area (Å²) < 4.78 is 0. The van der Waals surface area contributed by atoms with E-state index in [0.29, 0.717) is 22.3 Å². The highest BCUT2D eigenvalue weighted by Gasteiger charge is 2.22. The summed E-state index contributed by atoms with van der Waals surface area (Å²) in [7, 11) is 0. The quantitative estimate of drug-likeness (QED) is 0.465. The first-order chi connectivity index (χ1) is 9.60. The predicted octanol–water partition coefficient (Wildman–Crippen LogP) is 1.02. The molecule has 0 heterocycles. The maximum absolute atomic E-state index is 12.0. The zero-order valence-electron chi connectivity index (χ0n) is 10.9. The molecule has 0 unspecified atom stereocenters. The Morgan fingerprint density at radius 1 is 1.35 bits per heavy atom. The first-order valence-electron chi connectivity index (χ1n) is 6.44. The second kappa shape index (κ2) is 6.58. The molecule has 0 saturated heterocycles. The number of amides is 2. The molecule has 108 valence electrons. The Morgan fingerprint density at radius 3 is 2.75 bits per heavy atom. The summed E-state index contributed by atoms with van der Waals surface area (Å²) >= 11 is 5.85. The molecule has 0 aromatic heterocycles. The standard InChI is InChI=1S/C13H17ClN4O2/c14-8-1-4-11(18-15)10(7-8)13(20)16-6-5-12(19)17-9-2-3-9/h1,4,7,9,18H,2-3,5-6,15H2,(H,16,20)(H,17,19). The predicted molar refractivity (Wildman–Crippen MR) is 77.4 cm³/mol. The van der Waals surface area contributed by atoms with Crippen molar-refractivity contribution in [3.63, 3.8) is 0 Å². The molecule has 0 bridgehead atoms. The molecule has 20 heavy (non-hydrogen) atoms. The van der Waals surface area contributed by atoms with Gasteiger partial charge in [0.1, 0.15) is 0 Å². The lowest BCUT2D eigenvalue weighted by atomic mass is 10.1. The van der Waals surface area contributed by atoms with E-state index in [4.69, 9.17) is 17.4 Å². The average Bonchev–Trinajstić information content (AvgIpc) is 3.22. The molecule has 0 radical (unpaired) electrons. The van der Waals surface area contributed by atoms with Gasteiger partial charge in [-0.25, -0.2) is 0 Å². The van der Waals surface area contributed by atoms with E-state index in [0.717, 1.165) is 12.8 Å². The first kappa shape index (κ1) is 14.6. The molecule has 0 spiro atoms. The van der Waals surface area contributed by atoms with Crippen molar-refractivity contribution in [1.82, 2.24) is 10.6 Å². The van der Waals surface area contributed by atoms with E-state index in [2.05, 4.69) is 16.1 Å². The minimum Gasteiger partial charge on any atom is -0.353 e. The van der Waals surface area contributed by atoms with Crippen LogP contribution in [0, 0.1) is 0 Å². The van der Waals surface area contributed by atoms with Crippen LogP contribution in [0.2, 0.25) is 5.02 Å². The number of rotatable bonds is 6. The summed E-state index contributed by atoms with van der Waals surface area (Å²) in [6.07, 6.45) is 2.35. The van der Waals surface area contributed by atoms with Crippen LogP contribution in [0.1, 0.15) is 29.6 Å². The molecule has 1 aromatic rings. The van der Waals surface area contributed by atoms with Gasteiger partial charge in [0.15, 0.2) is 0 Å². The minimum atomic E-state index is -0.320. The molecule has 7 heteroatoms. The Kier molecular flexibility index (Phi) is 4.81. The molecule has 1 aliphatic carbocycles. The van der Waals surface area contributed by atoms with Gasteiger partial charge in [0, 0.05) is 24.0 Å². The average molecular weight is 297 g/mol. The molecule has 1 saturated carbocycles. The number of hydrazine groups is 1. The first-order valence-corrected chi connectivity index (χ1v) is 6.81. The second-order valence-electron chi connectivity index (χ2n) is 4.68. The van der Waals surface area contributed by atoms with Crippen LogP contribution < -0.4 is 21.9 Å². The molecule has 6 nitrogen and oxygen atoms in total. The normalized spacial score (nSPS) is 13.7. The molecular formula is C13H17ClN4O2. The summed E-state index contributed by atoms with van der Waals surface area (Å²) in [5, 5.41) is 5.97. The van der Waals surface area contributed by atoms with Gasteiger partial charge in [-0.3, -0.25) is 15.4 Å². The number of hydrogen-bond donors (Lipinski definition) is 4. The number of nitrogens with one attached hydrogen (secondary N) is 3. The fourth-order valence-corrected chi connectivity index (χ4v) is 1.91. The van der Waals surface area contributed by atoms with E-state index in [1.54, 1.807) is 12.1 Å². The van der Waals surface area contributed by atoms with Gasteiger partial charge >= 0.3 is 0 Å². The smallest absolute Gasteiger partial charge is 0.253 e. The number of carbonyl (C=O) groups excluding carboxylic acids is 2. The Balaban J connectivity index is 1.84.